The second kappa shape index (κ2) is 9.93. The van der Waals surface area contributed by atoms with Crippen LogP contribution in [-0.4, -0.2) is 60.8 Å². The van der Waals surface area contributed by atoms with E-state index in [-0.39, 0.29) is 18.3 Å². The Labute approximate surface area is 205 Å². The first kappa shape index (κ1) is 23.7. The number of aliphatic hydroxyl groups excluding tert-OH is 1. The summed E-state index contributed by atoms with van der Waals surface area (Å²) < 4.78 is 13.5. The number of carbonyl (C=O) groups is 1. The van der Waals surface area contributed by atoms with Crippen molar-refractivity contribution in [1.29, 1.82) is 0 Å². The molecule has 0 aromatic heterocycles. The van der Waals surface area contributed by atoms with E-state index in [9.17, 15) is 14.3 Å². The molecule has 4 N–H and O–H groups in total. The highest BCUT2D eigenvalue weighted by molar-refractivity contribution is 5.91. The smallest absolute Gasteiger partial charge is 0.245 e. The summed E-state index contributed by atoms with van der Waals surface area (Å²) in [6.07, 6.45) is 1.55. The molecular weight excluding hydrogens is 443 g/mol. The molecule has 2 aliphatic rings. The molecule has 1 aliphatic heterocycles. The SMILES string of the molecule is CNC[C@H](O)CNC(=O)C1(Nc2ccc(F)cc2)CCN([C@@H]2Cc3cccc4cccc2c34)CC1. The van der Waals surface area contributed by atoms with Crippen molar-refractivity contribution in [3.8, 4) is 0 Å². The van der Waals surface area contributed by atoms with Crippen molar-refractivity contribution in [3.05, 3.63) is 77.6 Å². The summed E-state index contributed by atoms with van der Waals surface area (Å²) >= 11 is 0. The van der Waals surface area contributed by atoms with Gasteiger partial charge >= 0.3 is 0 Å². The number of halogens is 1. The average molecular weight is 477 g/mol. The Hall–Kier alpha value is -3.00. The zero-order chi connectivity index (χ0) is 24.4. The van der Waals surface area contributed by atoms with Crippen molar-refractivity contribution >= 4 is 22.4 Å². The first-order valence-corrected chi connectivity index (χ1v) is 12.4. The second-order valence-corrected chi connectivity index (χ2v) is 9.75. The zero-order valence-electron chi connectivity index (χ0n) is 20.1. The van der Waals surface area contributed by atoms with E-state index < -0.39 is 11.6 Å². The Morgan fingerprint density at radius 2 is 1.80 bits per heavy atom. The van der Waals surface area contributed by atoms with Gasteiger partial charge in [-0.3, -0.25) is 9.69 Å². The molecule has 0 spiro atoms. The van der Waals surface area contributed by atoms with Gasteiger partial charge in [-0.1, -0.05) is 36.4 Å². The van der Waals surface area contributed by atoms with Gasteiger partial charge in [-0.25, -0.2) is 4.39 Å². The predicted molar refractivity (Wildman–Crippen MR) is 137 cm³/mol. The lowest BCUT2D eigenvalue weighted by molar-refractivity contribution is -0.127. The van der Waals surface area contributed by atoms with Crippen molar-refractivity contribution in [3.63, 3.8) is 0 Å². The van der Waals surface area contributed by atoms with Crippen molar-refractivity contribution in [1.82, 2.24) is 15.5 Å². The Kier molecular flexibility index (Phi) is 6.73. The number of hydrogen-bond acceptors (Lipinski definition) is 5. The summed E-state index contributed by atoms with van der Waals surface area (Å²) in [7, 11) is 1.76. The lowest BCUT2D eigenvalue weighted by atomic mass is 9.84. The van der Waals surface area contributed by atoms with E-state index in [2.05, 4.69) is 57.2 Å². The monoisotopic (exact) mass is 476 g/mol. The summed E-state index contributed by atoms with van der Waals surface area (Å²) in [6.45, 7) is 2.10. The number of amides is 1. The minimum Gasteiger partial charge on any atom is -0.390 e. The van der Waals surface area contributed by atoms with Crippen LogP contribution in [0.15, 0.2) is 60.7 Å². The number of aliphatic hydroxyl groups is 1. The fourth-order valence-electron chi connectivity index (χ4n) is 5.66. The molecule has 1 fully saturated rings. The van der Waals surface area contributed by atoms with Crippen LogP contribution >= 0.6 is 0 Å². The largest absolute Gasteiger partial charge is 0.390 e. The topological polar surface area (TPSA) is 76.6 Å². The lowest BCUT2D eigenvalue weighted by Gasteiger charge is -2.44. The molecule has 0 unspecified atom stereocenters. The molecule has 184 valence electrons. The van der Waals surface area contributed by atoms with Gasteiger partial charge < -0.3 is 21.1 Å². The van der Waals surface area contributed by atoms with Gasteiger partial charge in [-0.2, -0.15) is 0 Å². The van der Waals surface area contributed by atoms with E-state index in [1.807, 2.05) is 0 Å². The third-order valence-electron chi connectivity index (χ3n) is 7.49. The highest BCUT2D eigenvalue weighted by Crippen LogP contribution is 2.42. The third kappa shape index (κ3) is 4.76. The van der Waals surface area contributed by atoms with Crippen LogP contribution in [0.1, 0.15) is 30.0 Å². The van der Waals surface area contributed by atoms with Gasteiger partial charge in [0.15, 0.2) is 0 Å². The van der Waals surface area contributed by atoms with Gasteiger partial charge in [0.2, 0.25) is 5.91 Å². The molecule has 0 bridgehead atoms. The number of nitrogens with zero attached hydrogens (tertiary/aromatic N) is 1. The Balaban J connectivity index is 1.34. The first-order valence-electron chi connectivity index (χ1n) is 12.4. The maximum absolute atomic E-state index is 13.5. The standard InChI is InChI=1S/C28H33FN4O2/c1-30-17-23(34)18-31-27(35)28(32-22-10-8-21(29)9-11-22)12-14-33(15-13-28)25-16-20-6-2-4-19-5-3-7-24(25)26(19)20/h2-11,23,25,30,32,34H,12-18H2,1H3,(H,31,35)/t23-,25+/m0/s1. The minimum atomic E-state index is -0.828. The number of likely N-dealkylation sites (tertiary alicyclic amines) is 1. The molecule has 1 saturated heterocycles. The predicted octanol–water partition coefficient (Wildman–Crippen LogP) is 3.22. The van der Waals surface area contributed by atoms with Crippen molar-refractivity contribution < 1.29 is 14.3 Å². The number of rotatable bonds is 8. The Morgan fingerprint density at radius 3 is 2.51 bits per heavy atom. The van der Waals surface area contributed by atoms with Gasteiger partial charge in [0, 0.05) is 37.9 Å². The normalized spacial score (nSPS) is 20.0. The van der Waals surface area contributed by atoms with Crippen LogP contribution in [0, 0.1) is 5.82 Å². The molecule has 3 aromatic rings. The van der Waals surface area contributed by atoms with E-state index in [1.54, 1.807) is 19.2 Å². The number of nitrogens with one attached hydrogen (secondary N) is 3. The van der Waals surface area contributed by atoms with Gasteiger partial charge in [0.1, 0.15) is 11.4 Å². The summed E-state index contributed by atoms with van der Waals surface area (Å²) in [5.74, 6) is -0.442. The van der Waals surface area contributed by atoms with Crippen LogP contribution in [0.3, 0.4) is 0 Å². The zero-order valence-corrected chi connectivity index (χ0v) is 20.1. The van der Waals surface area contributed by atoms with Gasteiger partial charge in [0.05, 0.1) is 6.10 Å². The molecule has 7 heteroatoms. The molecule has 0 radical (unpaired) electrons. The lowest BCUT2D eigenvalue weighted by Crippen LogP contribution is -2.59. The first-order chi connectivity index (χ1) is 17.0. The number of hydrogen-bond donors (Lipinski definition) is 4. The van der Waals surface area contributed by atoms with Crippen LogP contribution in [0.2, 0.25) is 0 Å². The van der Waals surface area contributed by atoms with E-state index in [0.29, 0.717) is 31.1 Å². The summed E-state index contributed by atoms with van der Waals surface area (Å²) in [5.41, 5.74) is 2.65. The van der Waals surface area contributed by atoms with E-state index >= 15 is 0 Å². The number of anilines is 1. The molecule has 1 amide bonds. The van der Waals surface area contributed by atoms with Crippen LogP contribution in [0.25, 0.3) is 10.8 Å². The highest BCUT2D eigenvalue weighted by Gasteiger charge is 2.43. The maximum atomic E-state index is 13.5. The Bertz CT molecular complexity index is 1190. The summed E-state index contributed by atoms with van der Waals surface area (Å²) in [5, 5.41) is 22.0. The molecule has 0 saturated carbocycles. The molecule has 3 aromatic carbocycles. The minimum absolute atomic E-state index is 0.131. The number of piperidine rings is 1. The quantitative estimate of drug-likeness (QED) is 0.402. The molecule has 6 nitrogen and oxygen atoms in total. The van der Waals surface area contributed by atoms with E-state index in [1.165, 1.54) is 34.0 Å². The third-order valence-corrected chi connectivity index (χ3v) is 7.49. The van der Waals surface area contributed by atoms with Gasteiger partial charge in [-0.05, 0) is 72.5 Å². The van der Waals surface area contributed by atoms with Crippen molar-refractivity contribution in [2.45, 2.75) is 36.9 Å². The number of benzene rings is 3. The van der Waals surface area contributed by atoms with E-state index in [4.69, 9.17) is 0 Å². The summed E-state index contributed by atoms with van der Waals surface area (Å²) in [4.78, 5) is 16.0. The van der Waals surface area contributed by atoms with Crippen LogP contribution in [-0.2, 0) is 11.2 Å². The Morgan fingerprint density at radius 1 is 1.09 bits per heavy atom. The van der Waals surface area contributed by atoms with Crippen LogP contribution in [0.5, 0.6) is 0 Å². The molecule has 35 heavy (non-hydrogen) atoms. The fraction of sp³-hybridized carbons (Fsp3) is 0.393. The number of likely N-dealkylation sites (N-methyl/N-ethyl adjacent to an activating group) is 1. The molecular formula is C28H33FN4O2. The average Bonchev–Trinajstić information content (AvgIpc) is 3.25. The highest BCUT2D eigenvalue weighted by atomic mass is 19.1. The maximum Gasteiger partial charge on any atom is 0.245 e. The molecule has 2 atom stereocenters. The van der Waals surface area contributed by atoms with Crippen molar-refractivity contribution in [2.75, 3.05) is 38.5 Å². The fourth-order valence-corrected chi connectivity index (χ4v) is 5.66. The summed E-state index contributed by atoms with van der Waals surface area (Å²) in [6, 6.07) is 19.5. The molecule has 1 heterocycles. The van der Waals surface area contributed by atoms with Gasteiger partial charge in [-0.15, -0.1) is 0 Å². The van der Waals surface area contributed by atoms with Crippen LogP contribution < -0.4 is 16.0 Å². The number of carbonyl (C=O) groups excluding carboxylic acids is 1. The van der Waals surface area contributed by atoms with E-state index in [0.717, 1.165) is 19.5 Å². The molecule has 1 aliphatic carbocycles. The van der Waals surface area contributed by atoms with Gasteiger partial charge in [0.25, 0.3) is 0 Å². The second-order valence-electron chi connectivity index (χ2n) is 9.75. The van der Waals surface area contributed by atoms with Crippen molar-refractivity contribution in [2.24, 2.45) is 0 Å². The molecule has 5 rings (SSSR count). The van der Waals surface area contributed by atoms with Crippen LogP contribution in [0.4, 0.5) is 10.1 Å².